The normalized spacial score (nSPS) is 11.7. The van der Waals surface area contributed by atoms with Gasteiger partial charge in [-0.15, -0.1) is 15.3 Å². The number of carbonyl (C=O) groups is 1. The number of amides is 1. The van der Waals surface area contributed by atoms with Crippen LogP contribution in [0.1, 0.15) is 23.1 Å². The molecule has 1 amide bonds. The highest BCUT2D eigenvalue weighted by molar-refractivity contribution is 6.31. The molecule has 1 atom stereocenters. The third-order valence-electron chi connectivity index (χ3n) is 6.55. The maximum Gasteiger partial charge on any atom is 0.412 e. The van der Waals surface area contributed by atoms with Gasteiger partial charge in [0.05, 0.1) is 17.3 Å². The van der Waals surface area contributed by atoms with Gasteiger partial charge in [0.15, 0.2) is 0 Å². The number of aromatic nitrogens is 7. The van der Waals surface area contributed by atoms with E-state index in [0.717, 1.165) is 28.1 Å². The van der Waals surface area contributed by atoms with Crippen molar-refractivity contribution in [2.75, 3.05) is 7.05 Å². The van der Waals surface area contributed by atoms with Crippen LogP contribution in [0.25, 0.3) is 28.3 Å². The number of pyridine rings is 1. The minimum atomic E-state index is -0.549. The fourth-order valence-electron chi connectivity index (χ4n) is 4.47. The van der Waals surface area contributed by atoms with Crippen LogP contribution in [0.2, 0.25) is 5.02 Å². The van der Waals surface area contributed by atoms with Crippen molar-refractivity contribution in [2.24, 2.45) is 0 Å². The number of carbonyl (C=O) groups excluding carboxylic acids is 1. The second kappa shape index (κ2) is 12.0. The van der Waals surface area contributed by atoms with Crippen molar-refractivity contribution in [2.45, 2.75) is 12.3 Å². The summed E-state index contributed by atoms with van der Waals surface area (Å²) in [5.41, 5.74) is 4.99. The molecular formula is C30H23ClN8O3. The molecule has 0 radical (unpaired) electrons. The fourth-order valence-corrected chi connectivity index (χ4v) is 4.64. The lowest BCUT2D eigenvalue weighted by Gasteiger charge is -2.14. The van der Waals surface area contributed by atoms with Gasteiger partial charge in [0.1, 0.15) is 12.1 Å². The third kappa shape index (κ3) is 5.86. The number of benzene rings is 3. The van der Waals surface area contributed by atoms with Crippen LogP contribution < -0.4 is 10.1 Å². The first-order valence-corrected chi connectivity index (χ1v) is 13.3. The van der Waals surface area contributed by atoms with E-state index in [4.69, 9.17) is 25.7 Å². The average Bonchev–Trinajstić information content (AvgIpc) is 3.74. The van der Waals surface area contributed by atoms with E-state index in [-0.39, 0.29) is 5.92 Å². The van der Waals surface area contributed by atoms with Gasteiger partial charge < -0.3 is 14.5 Å². The van der Waals surface area contributed by atoms with E-state index >= 15 is 0 Å². The molecule has 0 saturated carbocycles. The number of halogens is 1. The minimum Gasteiger partial charge on any atom is -0.420 e. The molecule has 12 heteroatoms. The van der Waals surface area contributed by atoms with Crippen molar-refractivity contribution in [3.05, 3.63) is 120 Å². The van der Waals surface area contributed by atoms with Gasteiger partial charge in [-0.2, -0.15) is 4.68 Å². The molecule has 0 spiro atoms. The predicted molar refractivity (Wildman–Crippen MR) is 154 cm³/mol. The van der Waals surface area contributed by atoms with Crippen LogP contribution in [0.5, 0.6) is 5.75 Å². The van der Waals surface area contributed by atoms with Crippen LogP contribution >= 0.6 is 11.6 Å². The van der Waals surface area contributed by atoms with E-state index in [1.165, 1.54) is 13.4 Å². The molecule has 0 bridgehead atoms. The molecule has 3 aromatic heterocycles. The van der Waals surface area contributed by atoms with Crippen LogP contribution in [-0.2, 0) is 6.42 Å². The Morgan fingerprint density at radius 2 is 1.81 bits per heavy atom. The quantitative estimate of drug-likeness (QED) is 0.248. The van der Waals surface area contributed by atoms with Crippen LogP contribution in [0, 0.1) is 0 Å². The molecule has 0 fully saturated rings. The van der Waals surface area contributed by atoms with Gasteiger partial charge in [-0.25, -0.2) is 4.79 Å². The first-order valence-electron chi connectivity index (χ1n) is 12.9. The smallest absolute Gasteiger partial charge is 0.412 e. The number of nitrogens with one attached hydrogen (secondary N) is 1. The van der Waals surface area contributed by atoms with E-state index < -0.39 is 6.09 Å². The molecule has 1 N–H and O–H groups in total. The Bertz CT molecular complexity index is 1790. The van der Waals surface area contributed by atoms with Gasteiger partial charge in [0, 0.05) is 35.0 Å². The van der Waals surface area contributed by atoms with Crippen molar-refractivity contribution < 1.29 is 13.9 Å². The summed E-state index contributed by atoms with van der Waals surface area (Å²) in [5.74, 6) is 0.858. The standard InChI is InChI=1S/C30H23ClN8O3/c1-32-30(40)41-23-11-7-20(8-12-23)28-35-36-29(42-28)25(15-19-5-3-2-4-6-19)26-13-9-21(17-33-26)24-16-22(31)10-14-27(24)39-18-34-37-38-39/h2-14,16-18,25H,15H2,1H3,(H,32,40). The number of rotatable bonds is 8. The van der Waals surface area contributed by atoms with Crippen molar-refractivity contribution in [1.29, 1.82) is 0 Å². The van der Waals surface area contributed by atoms with E-state index in [1.807, 2.05) is 54.6 Å². The summed E-state index contributed by atoms with van der Waals surface area (Å²) in [6, 6.07) is 26.3. The maximum atomic E-state index is 11.5. The molecule has 0 aliphatic heterocycles. The van der Waals surface area contributed by atoms with Crippen LogP contribution in [0.3, 0.4) is 0 Å². The van der Waals surface area contributed by atoms with Crippen molar-refractivity contribution in [1.82, 2.24) is 40.7 Å². The summed E-state index contributed by atoms with van der Waals surface area (Å²) in [6.07, 6.45) is 3.36. The molecule has 1 unspecified atom stereocenters. The SMILES string of the molecule is CNC(=O)Oc1ccc(-c2nnc(C(Cc3ccccc3)c3ccc(-c4cc(Cl)ccc4-n4cnnn4)cn3)o2)cc1. The van der Waals surface area contributed by atoms with E-state index in [1.54, 1.807) is 41.2 Å². The number of ether oxygens (including phenoxy) is 1. The average molecular weight is 579 g/mol. The van der Waals surface area contributed by atoms with E-state index in [9.17, 15) is 4.79 Å². The summed E-state index contributed by atoms with van der Waals surface area (Å²) < 4.78 is 12.9. The fraction of sp³-hybridized carbons (Fsp3) is 0.100. The van der Waals surface area contributed by atoms with Crippen molar-refractivity contribution >= 4 is 17.7 Å². The summed E-state index contributed by atoms with van der Waals surface area (Å²) in [7, 11) is 1.50. The molecule has 208 valence electrons. The first-order chi connectivity index (χ1) is 20.6. The summed E-state index contributed by atoms with van der Waals surface area (Å²) >= 11 is 6.34. The highest BCUT2D eigenvalue weighted by Crippen LogP contribution is 2.33. The molecule has 0 aliphatic rings. The third-order valence-corrected chi connectivity index (χ3v) is 6.78. The molecule has 11 nitrogen and oxygen atoms in total. The van der Waals surface area contributed by atoms with Crippen LogP contribution in [0.15, 0.2) is 102 Å². The highest BCUT2D eigenvalue weighted by atomic mass is 35.5. The summed E-state index contributed by atoms with van der Waals surface area (Å²) in [4.78, 5) is 16.3. The van der Waals surface area contributed by atoms with E-state index in [0.29, 0.717) is 34.5 Å². The van der Waals surface area contributed by atoms with Gasteiger partial charge in [-0.3, -0.25) is 4.98 Å². The molecule has 3 aromatic carbocycles. The summed E-state index contributed by atoms with van der Waals surface area (Å²) in [6.45, 7) is 0. The zero-order chi connectivity index (χ0) is 28.9. The number of hydrogen-bond acceptors (Lipinski definition) is 9. The molecule has 6 aromatic rings. The summed E-state index contributed by atoms with van der Waals surface area (Å²) in [5, 5.41) is 23.2. The Morgan fingerprint density at radius 1 is 1.00 bits per heavy atom. The number of nitrogens with zero attached hydrogens (tertiary/aromatic N) is 7. The molecule has 3 heterocycles. The van der Waals surface area contributed by atoms with Crippen molar-refractivity contribution in [3.63, 3.8) is 0 Å². The van der Waals surface area contributed by atoms with Crippen LogP contribution in [0.4, 0.5) is 4.79 Å². The van der Waals surface area contributed by atoms with Gasteiger partial charge >= 0.3 is 6.09 Å². The number of hydrogen-bond donors (Lipinski definition) is 1. The van der Waals surface area contributed by atoms with Gasteiger partial charge in [-0.1, -0.05) is 48.0 Å². The first kappa shape index (κ1) is 26.8. The van der Waals surface area contributed by atoms with Gasteiger partial charge in [-0.05, 0) is 70.9 Å². The highest BCUT2D eigenvalue weighted by Gasteiger charge is 2.24. The predicted octanol–water partition coefficient (Wildman–Crippen LogP) is 5.52. The Morgan fingerprint density at radius 3 is 2.52 bits per heavy atom. The Balaban J connectivity index is 1.32. The molecule has 0 aliphatic carbocycles. The Hall–Kier alpha value is -5.42. The molecule has 6 rings (SSSR count). The lowest BCUT2D eigenvalue weighted by molar-refractivity contribution is 0.203. The molecule has 0 saturated heterocycles. The monoisotopic (exact) mass is 578 g/mol. The maximum absolute atomic E-state index is 11.5. The minimum absolute atomic E-state index is 0.308. The lowest BCUT2D eigenvalue weighted by Crippen LogP contribution is -2.21. The molecule has 42 heavy (non-hydrogen) atoms. The van der Waals surface area contributed by atoms with Gasteiger partial charge in [0.25, 0.3) is 0 Å². The lowest BCUT2D eigenvalue weighted by atomic mass is 9.94. The number of tetrazole rings is 1. The second-order valence-electron chi connectivity index (χ2n) is 9.24. The van der Waals surface area contributed by atoms with E-state index in [2.05, 4.69) is 31.0 Å². The molecular weight excluding hydrogens is 556 g/mol. The van der Waals surface area contributed by atoms with Crippen LogP contribution in [-0.4, -0.2) is 48.5 Å². The zero-order valence-electron chi connectivity index (χ0n) is 22.3. The largest absolute Gasteiger partial charge is 0.420 e. The van der Waals surface area contributed by atoms with Gasteiger partial charge in [0.2, 0.25) is 11.8 Å². The topological polar surface area (TPSA) is 134 Å². The zero-order valence-corrected chi connectivity index (χ0v) is 23.0. The van der Waals surface area contributed by atoms with Crippen molar-refractivity contribution in [3.8, 4) is 34.0 Å². The second-order valence-corrected chi connectivity index (χ2v) is 9.68. The Kier molecular flexibility index (Phi) is 7.64. The Labute approximate surface area is 245 Å².